The Balaban J connectivity index is 1.59. The number of aromatic nitrogens is 2. The molecule has 1 saturated heterocycles. The third-order valence-electron chi connectivity index (χ3n) is 6.58. The van der Waals surface area contributed by atoms with Crippen LogP contribution in [-0.4, -0.2) is 26.7 Å². The van der Waals surface area contributed by atoms with Gasteiger partial charge in [-0.05, 0) is 91.8 Å². The van der Waals surface area contributed by atoms with Gasteiger partial charge in [-0.2, -0.15) is 0 Å². The summed E-state index contributed by atoms with van der Waals surface area (Å²) in [5.41, 5.74) is 6.90. The quantitative estimate of drug-likeness (QED) is 0.282. The lowest BCUT2D eigenvalue weighted by Crippen LogP contribution is -2.29. The molecule has 35 heavy (non-hydrogen) atoms. The average Bonchev–Trinajstić information content (AvgIpc) is 3.35. The molecule has 2 aromatic carbocycles. The molecule has 0 aliphatic carbocycles. The van der Waals surface area contributed by atoms with Crippen molar-refractivity contribution >= 4 is 33.3 Å². The molecule has 178 valence electrons. The van der Waals surface area contributed by atoms with E-state index in [4.69, 9.17) is 17.0 Å². The van der Waals surface area contributed by atoms with Crippen LogP contribution in [0.15, 0.2) is 83.5 Å². The van der Waals surface area contributed by atoms with Gasteiger partial charge in [-0.25, -0.2) is 0 Å². The van der Waals surface area contributed by atoms with Crippen LogP contribution < -0.4 is 10.1 Å². The van der Waals surface area contributed by atoms with Crippen LogP contribution in [0.2, 0.25) is 0 Å². The van der Waals surface area contributed by atoms with Gasteiger partial charge in [0.15, 0.2) is 5.11 Å². The predicted octanol–water partition coefficient (Wildman–Crippen LogP) is 6.43. The van der Waals surface area contributed by atoms with Crippen LogP contribution in [0, 0.1) is 13.8 Å². The van der Waals surface area contributed by atoms with E-state index in [1.165, 1.54) is 22.5 Å². The van der Waals surface area contributed by atoms with Crippen molar-refractivity contribution in [2.75, 3.05) is 7.11 Å². The number of ether oxygens (including phenoxy) is 1. The third-order valence-corrected chi connectivity index (χ3v) is 7.46. The number of nitrogens with one attached hydrogen (secondary N) is 1. The topological polar surface area (TPSA) is 42.3 Å². The molecule has 2 aromatic heterocycles. The van der Waals surface area contributed by atoms with Crippen LogP contribution in [0.5, 0.6) is 5.75 Å². The summed E-state index contributed by atoms with van der Waals surface area (Å²) in [6.07, 6.45) is 1.84. The highest BCUT2D eigenvalue weighted by atomic mass is 79.9. The van der Waals surface area contributed by atoms with Gasteiger partial charge < -0.3 is 19.5 Å². The van der Waals surface area contributed by atoms with Gasteiger partial charge in [0, 0.05) is 34.3 Å². The molecule has 0 spiro atoms. The van der Waals surface area contributed by atoms with Gasteiger partial charge in [0.25, 0.3) is 0 Å². The summed E-state index contributed by atoms with van der Waals surface area (Å²) in [5, 5.41) is 4.30. The first-order chi connectivity index (χ1) is 17.0. The number of pyridine rings is 1. The second-order valence-electron chi connectivity index (χ2n) is 8.74. The molecule has 1 N–H and O–H groups in total. The first kappa shape index (κ1) is 23.6. The molecule has 7 heteroatoms. The van der Waals surface area contributed by atoms with Crippen molar-refractivity contribution in [1.29, 1.82) is 0 Å². The first-order valence-corrected chi connectivity index (χ1v) is 12.7. The average molecular weight is 548 g/mol. The molecule has 1 fully saturated rings. The maximum absolute atomic E-state index is 5.88. The van der Waals surface area contributed by atoms with E-state index in [0.717, 1.165) is 26.7 Å². The Morgan fingerprint density at radius 1 is 1.03 bits per heavy atom. The number of halogens is 1. The van der Waals surface area contributed by atoms with Crippen LogP contribution in [0.4, 0.5) is 0 Å². The number of nitrogens with zero attached hydrogens (tertiary/aromatic N) is 3. The third kappa shape index (κ3) is 4.58. The summed E-state index contributed by atoms with van der Waals surface area (Å²) in [6.45, 7) is 5.03. The standard InChI is InChI=1S/C28H27BrN4OS/c1-18-16-24(19(2)33(18)22-11-9-21(29)10-12-22)27-26(25-6-4-5-15-30-25)31-28(35)32(27)17-20-7-13-23(34-3)14-8-20/h4-16,26-27H,17H2,1-3H3,(H,31,35)/t26-,27+/m0/s1. The number of hydrogen-bond acceptors (Lipinski definition) is 3. The lowest BCUT2D eigenvalue weighted by Gasteiger charge is -2.28. The molecule has 1 aliphatic heterocycles. The number of rotatable bonds is 6. The fourth-order valence-electron chi connectivity index (χ4n) is 4.92. The zero-order valence-corrected chi connectivity index (χ0v) is 22.3. The van der Waals surface area contributed by atoms with Crippen LogP contribution >= 0.6 is 28.1 Å². The monoisotopic (exact) mass is 546 g/mol. The predicted molar refractivity (Wildman–Crippen MR) is 147 cm³/mol. The smallest absolute Gasteiger partial charge is 0.170 e. The zero-order chi connectivity index (χ0) is 24.5. The summed E-state index contributed by atoms with van der Waals surface area (Å²) in [6, 6.07) is 24.9. The number of hydrogen-bond donors (Lipinski definition) is 1. The maximum Gasteiger partial charge on any atom is 0.170 e. The fraction of sp³-hybridized carbons (Fsp3) is 0.214. The van der Waals surface area contributed by atoms with Crippen molar-refractivity contribution in [3.8, 4) is 11.4 Å². The lowest BCUT2D eigenvalue weighted by molar-refractivity contribution is 0.310. The molecule has 0 saturated carbocycles. The minimum Gasteiger partial charge on any atom is -0.497 e. The molecule has 5 nitrogen and oxygen atoms in total. The zero-order valence-electron chi connectivity index (χ0n) is 19.9. The van der Waals surface area contributed by atoms with Gasteiger partial charge in [-0.1, -0.05) is 34.1 Å². The van der Waals surface area contributed by atoms with E-state index in [1.54, 1.807) is 7.11 Å². The number of methoxy groups -OCH3 is 1. The van der Waals surface area contributed by atoms with Crippen LogP contribution in [0.1, 0.15) is 40.3 Å². The van der Waals surface area contributed by atoms with Crippen molar-refractivity contribution in [3.63, 3.8) is 0 Å². The Bertz CT molecular complexity index is 1340. The van der Waals surface area contributed by atoms with Gasteiger partial charge in [-0.15, -0.1) is 0 Å². The Morgan fingerprint density at radius 2 is 1.77 bits per heavy atom. The second-order valence-corrected chi connectivity index (χ2v) is 10.0. The van der Waals surface area contributed by atoms with Crippen molar-refractivity contribution < 1.29 is 4.74 Å². The minimum absolute atomic E-state index is 0.00472. The van der Waals surface area contributed by atoms with Crippen LogP contribution in [0.3, 0.4) is 0 Å². The summed E-state index contributed by atoms with van der Waals surface area (Å²) in [4.78, 5) is 6.97. The van der Waals surface area contributed by atoms with E-state index in [0.29, 0.717) is 6.54 Å². The molecule has 4 aromatic rings. The Morgan fingerprint density at radius 3 is 2.43 bits per heavy atom. The summed E-state index contributed by atoms with van der Waals surface area (Å²) in [5.74, 6) is 0.844. The first-order valence-electron chi connectivity index (χ1n) is 11.5. The molecule has 0 amide bonds. The van der Waals surface area contributed by atoms with Crippen LogP contribution in [0.25, 0.3) is 5.69 Å². The van der Waals surface area contributed by atoms with Gasteiger partial charge in [0.2, 0.25) is 0 Å². The van der Waals surface area contributed by atoms with Gasteiger partial charge >= 0.3 is 0 Å². The Hall–Kier alpha value is -3.16. The molecule has 0 unspecified atom stereocenters. The summed E-state index contributed by atoms with van der Waals surface area (Å²) in [7, 11) is 1.68. The minimum atomic E-state index is -0.0548. The van der Waals surface area contributed by atoms with Crippen molar-refractivity contribution in [1.82, 2.24) is 19.8 Å². The highest BCUT2D eigenvalue weighted by Crippen LogP contribution is 2.42. The Kier molecular flexibility index (Phi) is 6.62. The molecule has 1 aliphatic rings. The van der Waals surface area contributed by atoms with E-state index in [2.05, 4.69) is 98.1 Å². The van der Waals surface area contributed by atoms with Gasteiger partial charge in [0.05, 0.1) is 24.9 Å². The SMILES string of the molecule is COc1ccc(CN2C(=S)N[C@@H](c3ccccn3)[C@H]2c2cc(C)n(-c3ccc(Br)cc3)c2C)cc1. The highest BCUT2D eigenvalue weighted by Gasteiger charge is 2.41. The second kappa shape index (κ2) is 9.84. The van der Waals surface area contributed by atoms with E-state index < -0.39 is 0 Å². The Labute approximate surface area is 219 Å². The molecule has 3 heterocycles. The van der Waals surface area contributed by atoms with E-state index >= 15 is 0 Å². The largest absolute Gasteiger partial charge is 0.497 e. The van der Waals surface area contributed by atoms with E-state index in [-0.39, 0.29) is 12.1 Å². The fourth-order valence-corrected chi connectivity index (χ4v) is 5.49. The number of aryl methyl sites for hydroxylation is 1. The molecular weight excluding hydrogens is 520 g/mol. The molecule has 5 rings (SSSR count). The van der Waals surface area contributed by atoms with Gasteiger partial charge in [-0.3, -0.25) is 4.98 Å². The molecule has 0 bridgehead atoms. The normalized spacial score (nSPS) is 17.5. The molecular formula is C28H27BrN4OS. The lowest BCUT2D eigenvalue weighted by atomic mass is 9.96. The number of benzene rings is 2. The number of thiocarbonyl (C=S) groups is 1. The highest BCUT2D eigenvalue weighted by molar-refractivity contribution is 9.10. The van der Waals surface area contributed by atoms with Crippen molar-refractivity contribution in [2.24, 2.45) is 0 Å². The van der Waals surface area contributed by atoms with Crippen molar-refractivity contribution in [3.05, 3.63) is 112 Å². The van der Waals surface area contributed by atoms with E-state index in [9.17, 15) is 0 Å². The van der Waals surface area contributed by atoms with Gasteiger partial charge in [0.1, 0.15) is 5.75 Å². The van der Waals surface area contributed by atoms with Crippen LogP contribution in [-0.2, 0) is 6.54 Å². The summed E-state index contributed by atoms with van der Waals surface area (Å²) >= 11 is 9.43. The maximum atomic E-state index is 5.88. The summed E-state index contributed by atoms with van der Waals surface area (Å²) < 4.78 is 8.72. The van der Waals surface area contributed by atoms with E-state index in [1.807, 2.05) is 30.5 Å². The molecule has 0 radical (unpaired) electrons. The van der Waals surface area contributed by atoms with Crippen molar-refractivity contribution in [2.45, 2.75) is 32.5 Å². The molecule has 2 atom stereocenters.